The molecule has 7 heteroatoms. The maximum Gasteiger partial charge on any atom is 0.417 e. The van der Waals surface area contributed by atoms with Crippen LogP contribution in [0.25, 0.3) is 0 Å². The van der Waals surface area contributed by atoms with E-state index >= 15 is 0 Å². The minimum Gasteiger partial charge on any atom is -0.478 e. The molecule has 0 aliphatic rings. The normalized spacial score (nSPS) is 12.3. The zero-order valence-electron chi connectivity index (χ0n) is 11.3. The third kappa shape index (κ3) is 4.33. The molecule has 0 atom stereocenters. The van der Waals surface area contributed by atoms with Gasteiger partial charge in [-0.05, 0) is 38.3 Å². The third-order valence-corrected chi connectivity index (χ3v) is 4.08. The molecule has 112 valence electrons. The van der Waals surface area contributed by atoms with Crippen LogP contribution in [-0.2, 0) is 6.18 Å². The zero-order chi connectivity index (χ0) is 15.6. The van der Waals surface area contributed by atoms with Gasteiger partial charge in [0.1, 0.15) is 0 Å². The number of halogens is 3. The molecule has 0 spiro atoms. The molecule has 0 saturated carbocycles. The van der Waals surface area contributed by atoms with E-state index in [0.717, 1.165) is 12.1 Å². The molecule has 0 aliphatic heterocycles. The van der Waals surface area contributed by atoms with Crippen molar-refractivity contribution in [1.82, 2.24) is 0 Å². The summed E-state index contributed by atoms with van der Waals surface area (Å²) < 4.78 is 37.9. The second-order valence-electron chi connectivity index (χ2n) is 4.88. The average molecular weight is 307 g/mol. The molecule has 0 heterocycles. The second kappa shape index (κ2) is 5.95. The van der Waals surface area contributed by atoms with Gasteiger partial charge in [-0.3, -0.25) is 0 Å². The number of alkyl halides is 3. The third-order valence-electron chi connectivity index (χ3n) is 2.83. The smallest absolute Gasteiger partial charge is 0.417 e. The Morgan fingerprint density at radius 2 is 1.95 bits per heavy atom. The van der Waals surface area contributed by atoms with Crippen LogP contribution in [0.5, 0.6) is 0 Å². The summed E-state index contributed by atoms with van der Waals surface area (Å²) >= 11 is 1.61. The van der Waals surface area contributed by atoms with Gasteiger partial charge < -0.3 is 10.4 Å². The van der Waals surface area contributed by atoms with Crippen molar-refractivity contribution in [3.8, 4) is 0 Å². The van der Waals surface area contributed by atoms with E-state index in [4.69, 9.17) is 5.11 Å². The maximum absolute atomic E-state index is 12.7. The van der Waals surface area contributed by atoms with Crippen LogP contribution in [-0.4, -0.2) is 28.6 Å². The van der Waals surface area contributed by atoms with Crippen LogP contribution in [0.15, 0.2) is 18.2 Å². The number of carbonyl (C=O) groups is 1. The Bertz CT molecular complexity index is 501. The van der Waals surface area contributed by atoms with Gasteiger partial charge in [0.25, 0.3) is 0 Å². The molecule has 1 rings (SSSR count). The Morgan fingerprint density at radius 3 is 2.40 bits per heavy atom. The van der Waals surface area contributed by atoms with Gasteiger partial charge in [-0.1, -0.05) is 0 Å². The van der Waals surface area contributed by atoms with Crippen LogP contribution in [0.3, 0.4) is 0 Å². The second-order valence-corrected chi connectivity index (χ2v) is 6.39. The predicted octanol–water partition coefficient (Wildman–Crippen LogP) is 3.96. The summed E-state index contributed by atoms with van der Waals surface area (Å²) in [4.78, 5) is 10.9. The fourth-order valence-corrected chi connectivity index (χ4v) is 1.68. The van der Waals surface area contributed by atoms with Crippen molar-refractivity contribution in [1.29, 1.82) is 0 Å². The van der Waals surface area contributed by atoms with E-state index in [-0.39, 0.29) is 4.75 Å². The molecule has 3 nitrogen and oxygen atoms in total. The van der Waals surface area contributed by atoms with Crippen molar-refractivity contribution < 1.29 is 23.1 Å². The fourth-order valence-electron chi connectivity index (χ4n) is 1.47. The summed E-state index contributed by atoms with van der Waals surface area (Å²) in [5.74, 6) is -1.59. The SMILES string of the molecule is CSC(C)(C)CNc1ccc(C(F)(F)F)c(C(=O)O)c1. The Kier molecular flexibility index (Phi) is 4.96. The number of hydrogen-bond donors (Lipinski definition) is 2. The minimum atomic E-state index is -4.68. The lowest BCUT2D eigenvalue weighted by molar-refractivity contribution is -0.138. The van der Waals surface area contributed by atoms with Crippen LogP contribution in [0.1, 0.15) is 29.8 Å². The van der Waals surface area contributed by atoms with E-state index < -0.39 is 23.3 Å². The van der Waals surface area contributed by atoms with Gasteiger partial charge in [0.15, 0.2) is 0 Å². The molecule has 0 amide bonds. The number of aromatic carboxylic acids is 1. The maximum atomic E-state index is 12.7. The zero-order valence-corrected chi connectivity index (χ0v) is 12.2. The molecule has 0 unspecified atom stereocenters. The van der Waals surface area contributed by atoms with Crippen molar-refractivity contribution in [3.05, 3.63) is 29.3 Å². The molecule has 0 radical (unpaired) electrons. The number of anilines is 1. The molecule has 0 aliphatic carbocycles. The van der Waals surface area contributed by atoms with Crippen LogP contribution in [0, 0.1) is 0 Å². The highest BCUT2D eigenvalue weighted by molar-refractivity contribution is 7.99. The quantitative estimate of drug-likeness (QED) is 0.864. The van der Waals surface area contributed by atoms with E-state index in [1.807, 2.05) is 20.1 Å². The monoisotopic (exact) mass is 307 g/mol. The standard InChI is InChI=1S/C13H16F3NO2S/c1-12(2,20-3)7-17-8-4-5-10(13(14,15)16)9(6-8)11(18)19/h4-6,17H,7H2,1-3H3,(H,18,19). The summed E-state index contributed by atoms with van der Waals surface area (Å²) in [6.45, 7) is 4.47. The molecule has 0 saturated heterocycles. The minimum absolute atomic E-state index is 0.105. The average Bonchev–Trinajstić information content (AvgIpc) is 2.35. The highest BCUT2D eigenvalue weighted by Gasteiger charge is 2.35. The van der Waals surface area contributed by atoms with Crippen molar-refractivity contribution in [3.63, 3.8) is 0 Å². The molecular formula is C13H16F3NO2S. The lowest BCUT2D eigenvalue weighted by atomic mass is 10.1. The van der Waals surface area contributed by atoms with Crippen molar-refractivity contribution >= 4 is 23.4 Å². The summed E-state index contributed by atoms with van der Waals surface area (Å²) in [6.07, 6.45) is -2.75. The van der Waals surface area contributed by atoms with Gasteiger partial charge >= 0.3 is 12.1 Å². The number of nitrogens with one attached hydrogen (secondary N) is 1. The molecule has 0 bridgehead atoms. The van der Waals surface area contributed by atoms with Crippen LogP contribution >= 0.6 is 11.8 Å². The van der Waals surface area contributed by atoms with E-state index in [0.29, 0.717) is 12.2 Å². The van der Waals surface area contributed by atoms with Crippen LogP contribution in [0.2, 0.25) is 0 Å². The molecule has 20 heavy (non-hydrogen) atoms. The Morgan fingerprint density at radius 1 is 1.35 bits per heavy atom. The van der Waals surface area contributed by atoms with E-state index in [9.17, 15) is 18.0 Å². The number of thioether (sulfide) groups is 1. The molecule has 1 aromatic rings. The fraction of sp³-hybridized carbons (Fsp3) is 0.462. The number of benzene rings is 1. The first-order valence-corrected chi connectivity index (χ1v) is 7.03. The van der Waals surface area contributed by atoms with Crippen molar-refractivity contribution in [2.24, 2.45) is 0 Å². The summed E-state index contributed by atoms with van der Waals surface area (Å²) in [5.41, 5.74) is -1.53. The van der Waals surface area contributed by atoms with Gasteiger partial charge in [-0.2, -0.15) is 24.9 Å². The highest BCUT2D eigenvalue weighted by Crippen LogP contribution is 2.33. The Balaban J connectivity index is 3.03. The van der Waals surface area contributed by atoms with Crippen LogP contribution in [0.4, 0.5) is 18.9 Å². The first-order valence-electron chi connectivity index (χ1n) is 5.80. The molecule has 2 N–H and O–H groups in total. The van der Waals surface area contributed by atoms with Crippen LogP contribution < -0.4 is 5.32 Å². The van der Waals surface area contributed by atoms with Crippen molar-refractivity contribution in [2.45, 2.75) is 24.8 Å². The molecule has 0 fully saturated rings. The summed E-state index contributed by atoms with van der Waals surface area (Å²) in [5, 5.41) is 11.9. The van der Waals surface area contributed by atoms with Gasteiger partial charge in [0.05, 0.1) is 11.1 Å². The predicted molar refractivity (Wildman–Crippen MR) is 74.5 cm³/mol. The lowest BCUT2D eigenvalue weighted by Gasteiger charge is -2.23. The summed E-state index contributed by atoms with van der Waals surface area (Å²) in [6, 6.07) is 3.05. The van der Waals surface area contributed by atoms with Gasteiger partial charge in [0.2, 0.25) is 0 Å². The van der Waals surface area contributed by atoms with Gasteiger partial charge in [0, 0.05) is 17.0 Å². The lowest BCUT2D eigenvalue weighted by Crippen LogP contribution is -2.26. The van der Waals surface area contributed by atoms with E-state index in [2.05, 4.69) is 5.32 Å². The van der Waals surface area contributed by atoms with Gasteiger partial charge in [-0.15, -0.1) is 0 Å². The topological polar surface area (TPSA) is 49.3 Å². The number of rotatable bonds is 5. The Labute approximate surface area is 119 Å². The molecular weight excluding hydrogens is 291 g/mol. The van der Waals surface area contributed by atoms with E-state index in [1.54, 1.807) is 11.8 Å². The molecule has 0 aromatic heterocycles. The van der Waals surface area contributed by atoms with Gasteiger partial charge in [-0.25, -0.2) is 4.79 Å². The number of carboxylic acid groups (broad SMARTS) is 1. The first-order chi connectivity index (χ1) is 9.07. The summed E-state index contributed by atoms with van der Waals surface area (Å²) in [7, 11) is 0. The molecule has 1 aromatic carbocycles. The van der Waals surface area contributed by atoms with E-state index in [1.165, 1.54) is 6.07 Å². The largest absolute Gasteiger partial charge is 0.478 e. The number of hydrogen-bond acceptors (Lipinski definition) is 3. The number of carboxylic acids is 1. The first kappa shape index (κ1) is 16.7. The Hall–Kier alpha value is -1.37. The van der Waals surface area contributed by atoms with Crippen molar-refractivity contribution in [2.75, 3.05) is 18.1 Å². The highest BCUT2D eigenvalue weighted by atomic mass is 32.2.